The molecule has 1 aromatic rings. The van der Waals surface area contributed by atoms with Crippen LogP contribution in [0.2, 0.25) is 5.02 Å². The van der Waals surface area contributed by atoms with Crippen molar-refractivity contribution in [1.29, 1.82) is 0 Å². The fourth-order valence-corrected chi connectivity index (χ4v) is 4.30. The molecule has 2 fully saturated rings. The maximum absolute atomic E-state index is 12.5. The number of rotatable bonds is 5. The Morgan fingerprint density at radius 2 is 2.21 bits per heavy atom. The zero-order valence-electron chi connectivity index (χ0n) is 14.1. The Balaban J connectivity index is 1.53. The van der Waals surface area contributed by atoms with E-state index in [4.69, 9.17) is 17.3 Å². The number of pyridine rings is 1. The molecule has 3 rings (SSSR count). The van der Waals surface area contributed by atoms with Crippen molar-refractivity contribution in [2.45, 2.75) is 51.0 Å². The molecule has 0 bridgehead atoms. The standard InChI is InChI=1S/C18H27ClN4O/c19-15-5-4-9-21-17(15)23-10-6-14(12-23)22-16(24)11-18(13-20)7-2-1-3-8-18/h4-5,9,14H,1-3,6-8,10-13,20H2,(H,22,24). The van der Waals surface area contributed by atoms with Gasteiger partial charge in [-0.25, -0.2) is 4.98 Å². The topological polar surface area (TPSA) is 71.2 Å². The Kier molecular flexibility index (Phi) is 5.61. The molecular formula is C18H27ClN4O. The Labute approximate surface area is 148 Å². The van der Waals surface area contributed by atoms with Crippen molar-refractivity contribution < 1.29 is 4.79 Å². The first-order valence-electron chi connectivity index (χ1n) is 8.97. The summed E-state index contributed by atoms with van der Waals surface area (Å²) in [5, 5.41) is 3.86. The molecule has 2 heterocycles. The Hall–Kier alpha value is -1.33. The van der Waals surface area contributed by atoms with Crippen molar-refractivity contribution in [3.8, 4) is 0 Å². The van der Waals surface area contributed by atoms with E-state index in [2.05, 4.69) is 15.2 Å². The number of hydrogen-bond acceptors (Lipinski definition) is 4. The molecule has 5 nitrogen and oxygen atoms in total. The van der Waals surface area contributed by atoms with Gasteiger partial charge < -0.3 is 16.0 Å². The zero-order valence-corrected chi connectivity index (χ0v) is 14.9. The predicted octanol–water partition coefficient (Wildman–Crippen LogP) is 2.73. The van der Waals surface area contributed by atoms with Gasteiger partial charge in [0.2, 0.25) is 5.91 Å². The smallest absolute Gasteiger partial charge is 0.220 e. The fraction of sp³-hybridized carbons (Fsp3) is 0.667. The molecule has 1 saturated heterocycles. The van der Waals surface area contributed by atoms with Gasteiger partial charge in [0.1, 0.15) is 5.82 Å². The molecule has 1 unspecified atom stereocenters. The number of aromatic nitrogens is 1. The summed E-state index contributed by atoms with van der Waals surface area (Å²) in [6, 6.07) is 3.84. The number of anilines is 1. The molecule has 1 atom stereocenters. The van der Waals surface area contributed by atoms with Crippen LogP contribution in [-0.4, -0.2) is 36.6 Å². The van der Waals surface area contributed by atoms with E-state index in [0.717, 1.165) is 38.2 Å². The molecule has 0 spiro atoms. The average molecular weight is 351 g/mol. The van der Waals surface area contributed by atoms with Crippen LogP contribution in [0.3, 0.4) is 0 Å². The maximum atomic E-state index is 12.5. The molecule has 2 aliphatic rings. The van der Waals surface area contributed by atoms with Crippen molar-refractivity contribution in [3.05, 3.63) is 23.4 Å². The molecule has 3 N–H and O–H groups in total. The number of carbonyl (C=O) groups excluding carboxylic acids is 1. The van der Waals surface area contributed by atoms with Crippen LogP contribution in [0.1, 0.15) is 44.9 Å². The van der Waals surface area contributed by atoms with E-state index < -0.39 is 0 Å². The van der Waals surface area contributed by atoms with E-state index in [1.807, 2.05) is 12.1 Å². The van der Waals surface area contributed by atoms with E-state index in [0.29, 0.717) is 18.0 Å². The number of nitrogens with two attached hydrogens (primary N) is 1. The molecule has 1 aromatic heterocycles. The molecule has 1 saturated carbocycles. The summed E-state index contributed by atoms with van der Waals surface area (Å²) in [5.74, 6) is 0.947. The lowest BCUT2D eigenvalue weighted by atomic mass is 9.71. The second kappa shape index (κ2) is 7.70. The van der Waals surface area contributed by atoms with Crippen LogP contribution in [0, 0.1) is 5.41 Å². The van der Waals surface area contributed by atoms with Crippen LogP contribution < -0.4 is 16.0 Å². The number of nitrogens with one attached hydrogen (secondary N) is 1. The van der Waals surface area contributed by atoms with Crippen LogP contribution >= 0.6 is 11.6 Å². The van der Waals surface area contributed by atoms with Crippen LogP contribution in [0.5, 0.6) is 0 Å². The first-order valence-corrected chi connectivity index (χ1v) is 9.35. The van der Waals surface area contributed by atoms with Gasteiger partial charge in [0.25, 0.3) is 0 Å². The zero-order chi connectivity index (χ0) is 17.0. The number of halogens is 1. The van der Waals surface area contributed by atoms with Crippen molar-refractivity contribution in [3.63, 3.8) is 0 Å². The van der Waals surface area contributed by atoms with Crippen LogP contribution in [0.15, 0.2) is 18.3 Å². The van der Waals surface area contributed by atoms with Crippen molar-refractivity contribution in [1.82, 2.24) is 10.3 Å². The van der Waals surface area contributed by atoms with E-state index in [1.54, 1.807) is 6.20 Å². The van der Waals surface area contributed by atoms with Gasteiger partial charge in [0, 0.05) is 31.7 Å². The molecule has 6 heteroatoms. The lowest BCUT2D eigenvalue weighted by Crippen LogP contribution is -2.42. The highest BCUT2D eigenvalue weighted by atomic mass is 35.5. The number of carbonyl (C=O) groups is 1. The van der Waals surface area contributed by atoms with E-state index in [1.165, 1.54) is 19.3 Å². The van der Waals surface area contributed by atoms with Crippen LogP contribution in [0.25, 0.3) is 0 Å². The predicted molar refractivity (Wildman–Crippen MR) is 97.2 cm³/mol. The molecule has 24 heavy (non-hydrogen) atoms. The molecule has 1 aliphatic carbocycles. The van der Waals surface area contributed by atoms with Gasteiger partial charge in [-0.3, -0.25) is 4.79 Å². The third kappa shape index (κ3) is 4.01. The summed E-state index contributed by atoms with van der Waals surface area (Å²) in [5.41, 5.74) is 6.02. The maximum Gasteiger partial charge on any atom is 0.220 e. The number of nitrogens with zero attached hydrogens (tertiary/aromatic N) is 2. The highest BCUT2D eigenvalue weighted by molar-refractivity contribution is 6.32. The van der Waals surface area contributed by atoms with Crippen LogP contribution in [-0.2, 0) is 4.79 Å². The summed E-state index contributed by atoms with van der Waals surface area (Å²) >= 11 is 6.22. The van der Waals surface area contributed by atoms with Gasteiger partial charge in [0.05, 0.1) is 5.02 Å². The lowest BCUT2D eigenvalue weighted by molar-refractivity contribution is -0.124. The summed E-state index contributed by atoms with van der Waals surface area (Å²) in [6.45, 7) is 2.24. The molecule has 1 amide bonds. The quantitative estimate of drug-likeness (QED) is 0.856. The van der Waals surface area contributed by atoms with Gasteiger partial charge in [0.15, 0.2) is 0 Å². The summed E-state index contributed by atoms with van der Waals surface area (Å²) in [7, 11) is 0. The van der Waals surface area contributed by atoms with Gasteiger partial charge in [-0.2, -0.15) is 0 Å². The third-order valence-corrected chi connectivity index (χ3v) is 5.77. The highest BCUT2D eigenvalue weighted by Crippen LogP contribution is 2.38. The molecule has 0 radical (unpaired) electrons. The fourth-order valence-electron chi connectivity index (χ4n) is 4.05. The Bertz CT molecular complexity index is 574. The van der Waals surface area contributed by atoms with E-state index in [9.17, 15) is 4.79 Å². The first-order chi connectivity index (χ1) is 11.6. The van der Waals surface area contributed by atoms with Gasteiger partial charge >= 0.3 is 0 Å². The molecule has 1 aliphatic heterocycles. The van der Waals surface area contributed by atoms with E-state index in [-0.39, 0.29) is 17.4 Å². The minimum Gasteiger partial charge on any atom is -0.353 e. The van der Waals surface area contributed by atoms with E-state index >= 15 is 0 Å². The number of hydrogen-bond donors (Lipinski definition) is 2. The highest BCUT2D eigenvalue weighted by Gasteiger charge is 2.34. The average Bonchev–Trinajstić information content (AvgIpc) is 3.04. The molecule has 132 valence electrons. The summed E-state index contributed by atoms with van der Waals surface area (Å²) in [4.78, 5) is 19.0. The third-order valence-electron chi connectivity index (χ3n) is 5.47. The number of amides is 1. The van der Waals surface area contributed by atoms with Crippen molar-refractivity contribution in [2.24, 2.45) is 11.1 Å². The molecular weight excluding hydrogens is 324 g/mol. The van der Waals surface area contributed by atoms with Gasteiger partial charge in [-0.05, 0) is 43.4 Å². The van der Waals surface area contributed by atoms with Gasteiger partial charge in [-0.15, -0.1) is 0 Å². The lowest BCUT2D eigenvalue weighted by Gasteiger charge is -2.36. The molecule has 0 aromatic carbocycles. The Morgan fingerprint density at radius 1 is 1.42 bits per heavy atom. The summed E-state index contributed by atoms with van der Waals surface area (Å²) in [6.07, 6.45) is 9.06. The van der Waals surface area contributed by atoms with Gasteiger partial charge in [-0.1, -0.05) is 30.9 Å². The SMILES string of the molecule is NCC1(CC(=O)NC2CCN(c3ncccc3Cl)C2)CCCCC1. The normalized spacial score (nSPS) is 23.2. The van der Waals surface area contributed by atoms with Crippen molar-refractivity contribution in [2.75, 3.05) is 24.5 Å². The second-order valence-corrected chi connectivity index (χ2v) is 7.66. The second-order valence-electron chi connectivity index (χ2n) is 7.25. The minimum absolute atomic E-state index is 0.0188. The summed E-state index contributed by atoms with van der Waals surface area (Å²) < 4.78 is 0. The first kappa shape index (κ1) is 17.5. The minimum atomic E-state index is 0.0188. The Morgan fingerprint density at radius 3 is 2.92 bits per heavy atom. The largest absolute Gasteiger partial charge is 0.353 e. The monoisotopic (exact) mass is 350 g/mol. The van der Waals surface area contributed by atoms with Crippen LogP contribution in [0.4, 0.5) is 5.82 Å². The van der Waals surface area contributed by atoms with Crippen molar-refractivity contribution >= 4 is 23.3 Å².